The lowest BCUT2D eigenvalue weighted by molar-refractivity contribution is -0.121. The smallest absolute Gasteiger partial charge is 0.248 e. The second-order valence-corrected chi connectivity index (χ2v) is 8.20. The number of hydrogen-bond acceptors (Lipinski definition) is 4. The molecule has 9 heteroatoms. The quantitative estimate of drug-likeness (QED) is 0.436. The zero-order valence-electron chi connectivity index (χ0n) is 17.7. The molecule has 0 saturated heterocycles. The van der Waals surface area contributed by atoms with Gasteiger partial charge in [-0.1, -0.05) is 34.1 Å². The third kappa shape index (κ3) is 6.52. The van der Waals surface area contributed by atoms with Crippen LogP contribution in [0.2, 0.25) is 0 Å². The minimum Gasteiger partial charge on any atom is -0.349 e. The van der Waals surface area contributed by atoms with Gasteiger partial charge in [-0.15, -0.1) is 0 Å². The summed E-state index contributed by atoms with van der Waals surface area (Å²) in [5.74, 6) is -0.708. The van der Waals surface area contributed by atoms with Crippen molar-refractivity contribution in [2.45, 2.75) is 32.4 Å². The molecule has 166 valence electrons. The van der Waals surface area contributed by atoms with Crippen LogP contribution in [0.4, 0.5) is 11.4 Å². The summed E-state index contributed by atoms with van der Waals surface area (Å²) in [5, 5.41) is 12.6. The topological polar surface area (TPSA) is 105 Å². The van der Waals surface area contributed by atoms with E-state index in [0.717, 1.165) is 10.0 Å². The maximum atomic E-state index is 12.7. The van der Waals surface area contributed by atoms with Crippen molar-refractivity contribution in [3.05, 3.63) is 77.0 Å². The van der Waals surface area contributed by atoms with E-state index in [1.165, 1.54) is 6.92 Å². The van der Waals surface area contributed by atoms with Crippen LogP contribution in [0.5, 0.6) is 0 Å². The molecule has 3 rings (SSSR count). The molecule has 3 aromatic rings. The number of nitrogens with one attached hydrogen (secondary N) is 3. The fraction of sp³-hybridized carbons (Fsp3) is 0.217. The number of hydrogen-bond donors (Lipinski definition) is 3. The highest BCUT2D eigenvalue weighted by molar-refractivity contribution is 9.10. The summed E-state index contributed by atoms with van der Waals surface area (Å²) in [6.45, 7) is 3.17. The summed E-state index contributed by atoms with van der Waals surface area (Å²) in [6.07, 6.45) is 3.40. The van der Waals surface area contributed by atoms with Crippen molar-refractivity contribution in [3.63, 3.8) is 0 Å². The fourth-order valence-corrected chi connectivity index (χ4v) is 3.41. The van der Waals surface area contributed by atoms with Crippen LogP contribution in [0, 0.1) is 0 Å². The molecule has 0 spiro atoms. The minimum atomic E-state index is -0.479. The summed E-state index contributed by atoms with van der Waals surface area (Å²) < 4.78 is 2.47. The summed E-state index contributed by atoms with van der Waals surface area (Å²) in [7, 11) is 0. The van der Waals surface area contributed by atoms with E-state index < -0.39 is 12.1 Å². The molecule has 0 saturated carbocycles. The zero-order valence-corrected chi connectivity index (χ0v) is 19.3. The summed E-state index contributed by atoms with van der Waals surface area (Å²) >= 11 is 3.38. The Morgan fingerprint density at radius 2 is 1.72 bits per heavy atom. The maximum Gasteiger partial charge on any atom is 0.248 e. The second kappa shape index (κ2) is 10.7. The second-order valence-electron chi connectivity index (χ2n) is 7.29. The summed E-state index contributed by atoms with van der Waals surface area (Å²) in [4.78, 5) is 36.8. The molecule has 0 bridgehead atoms. The Morgan fingerprint density at radius 3 is 2.34 bits per heavy atom. The molecule has 3 N–H and O–H groups in total. The monoisotopic (exact) mass is 497 g/mol. The predicted molar refractivity (Wildman–Crippen MR) is 126 cm³/mol. The number of carbonyl (C=O) groups excluding carboxylic acids is 3. The number of anilines is 2. The molecule has 2 unspecified atom stereocenters. The number of amides is 3. The van der Waals surface area contributed by atoms with Gasteiger partial charge in [0.25, 0.3) is 0 Å². The minimum absolute atomic E-state index is 0.0636. The molecule has 2 aromatic carbocycles. The van der Waals surface area contributed by atoms with Gasteiger partial charge in [-0.25, -0.2) is 0 Å². The van der Waals surface area contributed by atoms with Crippen LogP contribution in [0.25, 0.3) is 0 Å². The Labute approximate surface area is 194 Å². The van der Waals surface area contributed by atoms with Gasteiger partial charge in [0, 0.05) is 35.2 Å². The lowest BCUT2D eigenvalue weighted by Crippen LogP contribution is -2.29. The molecule has 0 aliphatic heterocycles. The van der Waals surface area contributed by atoms with Crippen molar-refractivity contribution in [1.82, 2.24) is 15.1 Å². The molecule has 0 radical (unpaired) electrons. The molecule has 3 amide bonds. The van der Waals surface area contributed by atoms with Gasteiger partial charge >= 0.3 is 0 Å². The van der Waals surface area contributed by atoms with Gasteiger partial charge in [0.05, 0.1) is 12.5 Å². The Morgan fingerprint density at radius 1 is 1.03 bits per heavy atom. The molecular weight excluding hydrogens is 474 g/mol. The van der Waals surface area contributed by atoms with E-state index in [-0.39, 0.29) is 24.1 Å². The van der Waals surface area contributed by atoms with Gasteiger partial charge in [-0.05, 0) is 48.9 Å². The van der Waals surface area contributed by atoms with Crippen LogP contribution in [0.3, 0.4) is 0 Å². The number of carbonyl (C=O) groups is 3. The third-order valence-corrected chi connectivity index (χ3v) is 5.28. The van der Waals surface area contributed by atoms with Gasteiger partial charge in [0.2, 0.25) is 17.7 Å². The highest BCUT2D eigenvalue weighted by Gasteiger charge is 2.18. The average molecular weight is 498 g/mol. The summed E-state index contributed by atoms with van der Waals surface area (Å²) in [5.41, 5.74) is 1.92. The first kappa shape index (κ1) is 23.2. The number of benzene rings is 2. The SMILES string of the molecule is CC(=O)NC(CC(=O)Nc1cccc(NC(=O)C(C)n2cccn2)c1)c1ccc(Br)cc1. The molecule has 0 aliphatic rings. The number of rotatable bonds is 8. The molecule has 1 heterocycles. The van der Waals surface area contributed by atoms with Crippen LogP contribution < -0.4 is 16.0 Å². The van der Waals surface area contributed by atoms with E-state index in [4.69, 9.17) is 0 Å². The van der Waals surface area contributed by atoms with E-state index in [1.807, 2.05) is 24.3 Å². The third-order valence-electron chi connectivity index (χ3n) is 4.75. The lowest BCUT2D eigenvalue weighted by Gasteiger charge is -2.18. The largest absolute Gasteiger partial charge is 0.349 e. The maximum absolute atomic E-state index is 12.7. The average Bonchev–Trinajstić information content (AvgIpc) is 3.28. The van der Waals surface area contributed by atoms with Crippen LogP contribution in [-0.2, 0) is 14.4 Å². The van der Waals surface area contributed by atoms with Crippen molar-refractivity contribution < 1.29 is 14.4 Å². The number of nitrogens with zero attached hydrogens (tertiary/aromatic N) is 2. The van der Waals surface area contributed by atoms with Gasteiger partial charge in [0.15, 0.2) is 0 Å². The van der Waals surface area contributed by atoms with E-state index >= 15 is 0 Å². The van der Waals surface area contributed by atoms with Crippen LogP contribution in [0.15, 0.2) is 71.5 Å². The van der Waals surface area contributed by atoms with E-state index in [9.17, 15) is 14.4 Å². The van der Waals surface area contributed by atoms with E-state index in [2.05, 4.69) is 37.0 Å². The molecule has 8 nitrogen and oxygen atoms in total. The molecular formula is C23H24BrN5O3. The molecule has 32 heavy (non-hydrogen) atoms. The molecule has 1 aromatic heterocycles. The number of halogens is 1. The predicted octanol–water partition coefficient (Wildman–Crippen LogP) is 4.05. The van der Waals surface area contributed by atoms with Gasteiger partial charge in [-0.2, -0.15) is 5.10 Å². The van der Waals surface area contributed by atoms with Crippen LogP contribution in [0.1, 0.15) is 37.9 Å². The first-order chi connectivity index (χ1) is 15.3. The summed E-state index contributed by atoms with van der Waals surface area (Å²) in [6, 6.07) is 15.1. The van der Waals surface area contributed by atoms with Gasteiger partial charge < -0.3 is 16.0 Å². The van der Waals surface area contributed by atoms with Crippen LogP contribution in [-0.4, -0.2) is 27.5 Å². The molecule has 0 fully saturated rings. The van der Waals surface area contributed by atoms with Crippen molar-refractivity contribution in [3.8, 4) is 0 Å². The van der Waals surface area contributed by atoms with Crippen LogP contribution >= 0.6 is 15.9 Å². The van der Waals surface area contributed by atoms with Crippen molar-refractivity contribution in [1.29, 1.82) is 0 Å². The molecule has 2 atom stereocenters. The highest BCUT2D eigenvalue weighted by atomic mass is 79.9. The zero-order chi connectivity index (χ0) is 23.1. The van der Waals surface area contributed by atoms with Crippen molar-refractivity contribution in [2.24, 2.45) is 0 Å². The Kier molecular flexibility index (Phi) is 7.77. The van der Waals surface area contributed by atoms with E-state index in [1.54, 1.807) is 54.3 Å². The highest BCUT2D eigenvalue weighted by Crippen LogP contribution is 2.22. The van der Waals surface area contributed by atoms with Gasteiger partial charge in [-0.3, -0.25) is 19.1 Å². The Balaban J connectivity index is 1.64. The number of aromatic nitrogens is 2. The van der Waals surface area contributed by atoms with Crippen molar-refractivity contribution in [2.75, 3.05) is 10.6 Å². The lowest BCUT2D eigenvalue weighted by atomic mass is 10.0. The Hall–Kier alpha value is -3.46. The standard InChI is InChI=1S/C23H24BrN5O3/c1-15(29-12-4-11-25-29)23(32)28-20-6-3-5-19(13-20)27-22(31)14-21(26-16(2)30)17-7-9-18(24)10-8-17/h3-13,15,21H,14H2,1-2H3,(H,26,30)(H,27,31)(H,28,32). The van der Waals surface area contributed by atoms with Gasteiger partial charge in [0.1, 0.15) is 6.04 Å². The Bertz CT molecular complexity index is 1080. The normalized spacial score (nSPS) is 12.5. The van der Waals surface area contributed by atoms with E-state index in [0.29, 0.717) is 11.4 Å². The first-order valence-corrected chi connectivity index (χ1v) is 10.8. The van der Waals surface area contributed by atoms with Crippen molar-refractivity contribution >= 4 is 45.0 Å². The molecule has 0 aliphatic carbocycles. The fourth-order valence-electron chi connectivity index (χ4n) is 3.14. The first-order valence-electron chi connectivity index (χ1n) is 10.0.